The molecule has 3 rings (SSSR count). The Morgan fingerprint density at radius 1 is 1.19 bits per heavy atom. The Balaban J connectivity index is 1.58. The van der Waals surface area contributed by atoms with Gasteiger partial charge in [-0.3, -0.25) is 4.99 Å². The number of guanidine groups is 1. The zero-order chi connectivity index (χ0) is 22.1. The van der Waals surface area contributed by atoms with Crippen molar-refractivity contribution in [1.82, 2.24) is 15.0 Å². The topological polar surface area (TPSA) is 177 Å². The maximum Gasteiger partial charge on any atom is 0.326 e. The molecule has 1 aromatic heterocycles. The number of ether oxygens (including phenoxy) is 1. The van der Waals surface area contributed by atoms with Gasteiger partial charge >= 0.3 is 5.97 Å². The number of aliphatic carboxylic acids is 1. The van der Waals surface area contributed by atoms with E-state index in [1.807, 2.05) is 24.3 Å². The summed E-state index contributed by atoms with van der Waals surface area (Å²) in [4.78, 5) is 30.0. The minimum atomic E-state index is -1.02. The van der Waals surface area contributed by atoms with Crippen molar-refractivity contribution in [2.24, 2.45) is 16.5 Å². The first-order valence-corrected chi connectivity index (χ1v) is 9.95. The van der Waals surface area contributed by atoms with Crippen molar-refractivity contribution in [1.29, 1.82) is 0 Å². The maximum absolute atomic E-state index is 11.5. The highest BCUT2D eigenvalue weighted by molar-refractivity contribution is 5.76. The monoisotopic (exact) mass is 429 g/mol. The van der Waals surface area contributed by atoms with E-state index in [9.17, 15) is 9.90 Å². The van der Waals surface area contributed by atoms with Crippen molar-refractivity contribution < 1.29 is 14.6 Å². The van der Waals surface area contributed by atoms with Crippen molar-refractivity contribution in [2.75, 3.05) is 48.4 Å². The predicted octanol–water partition coefficient (Wildman–Crippen LogP) is 0.371. The molecule has 1 unspecified atom stereocenters. The van der Waals surface area contributed by atoms with Crippen LogP contribution in [0.1, 0.15) is 12.8 Å². The number of rotatable bonds is 10. The van der Waals surface area contributed by atoms with Crippen LogP contribution in [0.2, 0.25) is 0 Å². The van der Waals surface area contributed by atoms with Crippen molar-refractivity contribution in [3.63, 3.8) is 0 Å². The van der Waals surface area contributed by atoms with E-state index in [4.69, 9.17) is 16.2 Å². The van der Waals surface area contributed by atoms with E-state index < -0.39 is 12.0 Å². The lowest BCUT2D eigenvalue weighted by molar-refractivity contribution is -0.138. The smallest absolute Gasteiger partial charge is 0.326 e. The molecule has 7 N–H and O–H groups in total. The molecule has 1 aromatic carbocycles. The van der Waals surface area contributed by atoms with Crippen molar-refractivity contribution in [3.05, 3.63) is 30.6 Å². The van der Waals surface area contributed by atoms with Crippen LogP contribution in [0.25, 0.3) is 0 Å². The molecular weight excluding hydrogens is 402 g/mol. The zero-order valence-corrected chi connectivity index (χ0v) is 17.1. The van der Waals surface area contributed by atoms with E-state index in [0.29, 0.717) is 25.3 Å². The molecule has 2 aromatic rings. The van der Waals surface area contributed by atoms with Crippen molar-refractivity contribution in [3.8, 4) is 0 Å². The number of carbonyl (C=O) groups is 1. The largest absolute Gasteiger partial charge is 0.480 e. The van der Waals surface area contributed by atoms with Gasteiger partial charge in [-0.25, -0.2) is 14.8 Å². The summed E-state index contributed by atoms with van der Waals surface area (Å²) in [7, 11) is 0. The summed E-state index contributed by atoms with van der Waals surface area (Å²) in [6.45, 7) is 3.54. The molecule has 1 saturated heterocycles. The molecule has 0 bridgehead atoms. The lowest BCUT2D eigenvalue weighted by Crippen LogP contribution is -2.36. The molecule has 1 aliphatic rings. The van der Waals surface area contributed by atoms with Gasteiger partial charge in [-0.2, -0.15) is 4.98 Å². The van der Waals surface area contributed by atoms with Gasteiger partial charge in [0.05, 0.1) is 13.2 Å². The van der Waals surface area contributed by atoms with Crippen LogP contribution in [0.5, 0.6) is 0 Å². The average molecular weight is 429 g/mol. The number of anilines is 4. The first-order chi connectivity index (χ1) is 15.0. The van der Waals surface area contributed by atoms with Crippen LogP contribution >= 0.6 is 0 Å². The molecule has 0 amide bonds. The van der Waals surface area contributed by atoms with Crippen LogP contribution in [0.3, 0.4) is 0 Å². The number of hydrogen-bond acceptors (Lipinski definition) is 9. The molecule has 166 valence electrons. The third-order valence-electron chi connectivity index (χ3n) is 4.62. The molecule has 1 aliphatic heterocycles. The summed E-state index contributed by atoms with van der Waals surface area (Å²) < 4.78 is 5.38. The number of benzene rings is 1. The molecule has 0 spiro atoms. The van der Waals surface area contributed by atoms with E-state index in [0.717, 1.165) is 37.7 Å². The van der Waals surface area contributed by atoms with Gasteiger partial charge in [0.25, 0.3) is 0 Å². The SMILES string of the molecule is NC(N)=NCCCC(Nc1ncnc(Nc2ccc(N3CCOCC3)cc2)n1)C(=O)O. The number of nitrogens with two attached hydrogens (primary N) is 2. The van der Waals surface area contributed by atoms with Crippen LogP contribution in [0.15, 0.2) is 35.6 Å². The quantitative estimate of drug-likeness (QED) is 0.200. The van der Waals surface area contributed by atoms with Gasteiger partial charge in [0.1, 0.15) is 12.4 Å². The second kappa shape index (κ2) is 10.9. The van der Waals surface area contributed by atoms with E-state index in [2.05, 4.69) is 35.5 Å². The van der Waals surface area contributed by atoms with Crippen molar-refractivity contribution in [2.45, 2.75) is 18.9 Å². The maximum atomic E-state index is 11.5. The molecule has 0 radical (unpaired) electrons. The van der Waals surface area contributed by atoms with E-state index in [-0.39, 0.29) is 11.9 Å². The minimum Gasteiger partial charge on any atom is -0.480 e. The highest BCUT2D eigenvalue weighted by atomic mass is 16.5. The Hall–Kier alpha value is -3.67. The second-order valence-electron chi connectivity index (χ2n) is 6.89. The first kappa shape index (κ1) is 22.0. The highest BCUT2D eigenvalue weighted by Gasteiger charge is 2.18. The second-order valence-corrected chi connectivity index (χ2v) is 6.89. The van der Waals surface area contributed by atoms with E-state index >= 15 is 0 Å². The molecule has 31 heavy (non-hydrogen) atoms. The normalized spacial score (nSPS) is 14.5. The average Bonchev–Trinajstić information content (AvgIpc) is 2.77. The number of carboxylic acids is 1. The van der Waals surface area contributed by atoms with E-state index in [1.54, 1.807) is 0 Å². The molecule has 12 nitrogen and oxygen atoms in total. The summed E-state index contributed by atoms with van der Waals surface area (Å²) in [5, 5.41) is 15.4. The van der Waals surface area contributed by atoms with Crippen LogP contribution in [-0.2, 0) is 9.53 Å². The Kier molecular flexibility index (Phi) is 7.76. The standard InChI is InChI=1S/C19H27N9O3/c20-17(21)22-7-1-2-15(16(29)30)26-19-24-12-23-18(27-19)25-13-3-5-14(6-4-13)28-8-10-31-11-9-28/h3-6,12,15H,1-2,7-11H2,(H,29,30)(H4,20,21,22)(H2,23,24,25,26,27). The number of nitrogens with zero attached hydrogens (tertiary/aromatic N) is 5. The number of nitrogens with one attached hydrogen (secondary N) is 2. The van der Waals surface area contributed by atoms with Crippen LogP contribution in [-0.4, -0.2) is 70.9 Å². The lowest BCUT2D eigenvalue weighted by Gasteiger charge is -2.28. The zero-order valence-electron chi connectivity index (χ0n) is 17.1. The van der Waals surface area contributed by atoms with Gasteiger partial charge in [-0.15, -0.1) is 0 Å². The summed E-state index contributed by atoms with van der Waals surface area (Å²) >= 11 is 0. The van der Waals surface area contributed by atoms with Gasteiger partial charge in [0.15, 0.2) is 5.96 Å². The van der Waals surface area contributed by atoms with Crippen LogP contribution < -0.4 is 27.0 Å². The molecule has 1 fully saturated rings. The summed E-state index contributed by atoms with van der Waals surface area (Å²) in [6, 6.07) is 7.03. The summed E-state index contributed by atoms with van der Waals surface area (Å²) in [5.41, 5.74) is 12.5. The molecule has 0 aliphatic carbocycles. The molecule has 1 atom stereocenters. The Labute approximate surface area is 179 Å². The third-order valence-corrected chi connectivity index (χ3v) is 4.62. The Bertz CT molecular complexity index is 881. The fourth-order valence-electron chi connectivity index (χ4n) is 3.05. The first-order valence-electron chi connectivity index (χ1n) is 9.95. The third kappa shape index (κ3) is 6.96. The number of aromatic nitrogens is 3. The fraction of sp³-hybridized carbons (Fsp3) is 0.421. The summed E-state index contributed by atoms with van der Waals surface area (Å²) in [6.07, 6.45) is 2.12. The lowest BCUT2D eigenvalue weighted by atomic mass is 10.1. The highest BCUT2D eigenvalue weighted by Crippen LogP contribution is 2.21. The molecule has 2 heterocycles. The fourth-order valence-corrected chi connectivity index (χ4v) is 3.05. The number of morpholine rings is 1. The Morgan fingerprint density at radius 3 is 2.58 bits per heavy atom. The van der Waals surface area contributed by atoms with Crippen LogP contribution in [0, 0.1) is 0 Å². The Morgan fingerprint density at radius 2 is 1.90 bits per heavy atom. The molecule has 0 saturated carbocycles. The predicted molar refractivity (Wildman–Crippen MR) is 118 cm³/mol. The summed E-state index contributed by atoms with van der Waals surface area (Å²) in [5.74, 6) is -0.567. The van der Waals surface area contributed by atoms with Crippen LogP contribution in [0.4, 0.5) is 23.3 Å². The minimum absolute atomic E-state index is 0.0222. The molecule has 12 heteroatoms. The van der Waals surface area contributed by atoms with E-state index in [1.165, 1.54) is 6.33 Å². The van der Waals surface area contributed by atoms with Gasteiger partial charge < -0.3 is 36.8 Å². The van der Waals surface area contributed by atoms with Gasteiger partial charge in [0.2, 0.25) is 11.9 Å². The van der Waals surface area contributed by atoms with Gasteiger partial charge in [-0.05, 0) is 37.1 Å². The number of carboxylic acid groups (broad SMARTS) is 1. The number of hydrogen-bond donors (Lipinski definition) is 5. The van der Waals surface area contributed by atoms with Gasteiger partial charge in [-0.1, -0.05) is 0 Å². The van der Waals surface area contributed by atoms with Gasteiger partial charge in [0, 0.05) is 31.0 Å². The van der Waals surface area contributed by atoms with Crippen molar-refractivity contribution >= 4 is 35.2 Å². The number of aliphatic imine (C=N–C) groups is 1. The molecular formula is C19H27N9O3.